The van der Waals surface area contributed by atoms with E-state index in [1.807, 2.05) is 0 Å². The number of hydrogen-bond acceptors (Lipinski definition) is 7. The van der Waals surface area contributed by atoms with Crippen LogP contribution in [0.3, 0.4) is 0 Å². The molecule has 0 spiro atoms. The highest BCUT2D eigenvalue weighted by Crippen LogP contribution is 2.29. The molecule has 1 saturated heterocycles. The molecule has 1 aliphatic heterocycles. The third kappa shape index (κ3) is 6.15. The second-order valence-corrected chi connectivity index (χ2v) is 11.5. The average molecular weight is 518 g/mol. The Kier molecular flexibility index (Phi) is 7.85. The number of halogens is 1. The van der Waals surface area contributed by atoms with Gasteiger partial charge in [0.1, 0.15) is 12.3 Å². The van der Waals surface area contributed by atoms with Gasteiger partial charge in [-0.25, -0.2) is 16.8 Å². The van der Waals surface area contributed by atoms with Gasteiger partial charge in [0.15, 0.2) is 0 Å². The van der Waals surface area contributed by atoms with Gasteiger partial charge < -0.3 is 14.8 Å². The Morgan fingerprint density at radius 1 is 1.12 bits per heavy atom. The van der Waals surface area contributed by atoms with Crippen LogP contribution in [0.15, 0.2) is 47.4 Å². The monoisotopic (exact) mass is 517 g/mol. The van der Waals surface area contributed by atoms with Crippen LogP contribution in [0.5, 0.6) is 5.75 Å². The number of ether oxygens (including phenoxy) is 2. The Morgan fingerprint density at radius 3 is 2.33 bits per heavy atom. The second kappa shape index (κ2) is 10.3. The maximum atomic E-state index is 13.0. The number of hydrogen-bond donors (Lipinski definition) is 1. The fraction of sp³-hybridized carbons (Fsp3) is 0.350. The van der Waals surface area contributed by atoms with Gasteiger partial charge in [0.25, 0.3) is 0 Å². The van der Waals surface area contributed by atoms with Crippen molar-refractivity contribution in [1.29, 1.82) is 0 Å². The minimum absolute atomic E-state index is 0.0295. The summed E-state index contributed by atoms with van der Waals surface area (Å²) in [6, 6.07) is 10.1. The molecule has 2 aromatic rings. The number of sulfonamides is 2. The summed E-state index contributed by atoms with van der Waals surface area (Å²) in [7, 11) is -6.23. The molecule has 0 bridgehead atoms. The van der Waals surface area contributed by atoms with E-state index in [0.717, 1.165) is 10.6 Å². The third-order valence-electron chi connectivity index (χ3n) is 4.86. The van der Waals surface area contributed by atoms with Crippen LogP contribution in [-0.4, -0.2) is 73.3 Å². The van der Waals surface area contributed by atoms with E-state index in [-0.39, 0.29) is 35.1 Å². The predicted molar refractivity (Wildman–Crippen MR) is 125 cm³/mol. The molecule has 0 saturated carbocycles. The fourth-order valence-corrected chi connectivity index (χ4v) is 5.63. The van der Waals surface area contributed by atoms with Crippen molar-refractivity contribution in [2.45, 2.75) is 4.90 Å². The zero-order valence-electron chi connectivity index (χ0n) is 18.0. The molecule has 0 atom stereocenters. The highest BCUT2D eigenvalue weighted by atomic mass is 35.5. The molecular weight excluding hydrogens is 494 g/mol. The molecule has 180 valence electrons. The van der Waals surface area contributed by atoms with Crippen molar-refractivity contribution in [3.63, 3.8) is 0 Å². The molecule has 1 amide bonds. The molecule has 13 heteroatoms. The molecule has 1 heterocycles. The quantitative estimate of drug-likeness (QED) is 0.566. The van der Waals surface area contributed by atoms with Crippen LogP contribution < -0.4 is 14.4 Å². The van der Waals surface area contributed by atoms with Gasteiger partial charge in [0.2, 0.25) is 26.0 Å². The van der Waals surface area contributed by atoms with Crippen molar-refractivity contribution in [3.8, 4) is 5.75 Å². The summed E-state index contributed by atoms with van der Waals surface area (Å²) in [4.78, 5) is 12.7. The zero-order chi connectivity index (χ0) is 24.2. The van der Waals surface area contributed by atoms with E-state index in [9.17, 15) is 21.6 Å². The van der Waals surface area contributed by atoms with Crippen LogP contribution in [0.2, 0.25) is 5.02 Å². The second-order valence-electron chi connectivity index (χ2n) is 7.17. The van der Waals surface area contributed by atoms with Gasteiger partial charge in [-0.15, -0.1) is 0 Å². The summed E-state index contributed by atoms with van der Waals surface area (Å²) in [6.45, 7) is 0.501. The molecule has 0 unspecified atom stereocenters. The van der Waals surface area contributed by atoms with Crippen molar-refractivity contribution >= 4 is 48.9 Å². The average Bonchev–Trinajstić information content (AvgIpc) is 2.78. The highest BCUT2D eigenvalue weighted by molar-refractivity contribution is 7.92. The summed E-state index contributed by atoms with van der Waals surface area (Å²) < 4.78 is 63.2. The maximum absolute atomic E-state index is 13.0. The van der Waals surface area contributed by atoms with Crippen molar-refractivity contribution in [2.24, 2.45) is 0 Å². The zero-order valence-corrected chi connectivity index (χ0v) is 20.4. The van der Waals surface area contributed by atoms with Crippen molar-refractivity contribution in [2.75, 3.05) is 55.8 Å². The summed E-state index contributed by atoms with van der Waals surface area (Å²) >= 11 is 5.86. The molecule has 3 rings (SSSR count). The minimum atomic E-state index is -3.81. The summed E-state index contributed by atoms with van der Waals surface area (Å²) in [5.41, 5.74) is 0.356. The summed E-state index contributed by atoms with van der Waals surface area (Å²) in [6.07, 6.45) is 0.977. The van der Waals surface area contributed by atoms with Gasteiger partial charge in [-0.2, -0.15) is 4.31 Å². The number of nitrogens with one attached hydrogen (secondary N) is 1. The molecular formula is C20H24ClN3O7S2. The van der Waals surface area contributed by atoms with Gasteiger partial charge in [0.05, 0.1) is 42.8 Å². The van der Waals surface area contributed by atoms with Gasteiger partial charge in [0, 0.05) is 18.1 Å². The Bertz CT molecular complexity index is 1210. The molecule has 1 fully saturated rings. The molecule has 10 nitrogen and oxygen atoms in total. The Hall–Kier alpha value is -2.38. The first-order valence-corrected chi connectivity index (χ1v) is 13.5. The van der Waals surface area contributed by atoms with E-state index >= 15 is 0 Å². The normalized spacial score (nSPS) is 15.1. The van der Waals surface area contributed by atoms with E-state index in [4.69, 9.17) is 21.1 Å². The topological polar surface area (TPSA) is 122 Å². The van der Waals surface area contributed by atoms with Crippen LogP contribution in [0, 0.1) is 0 Å². The van der Waals surface area contributed by atoms with Crippen LogP contribution >= 0.6 is 11.6 Å². The van der Waals surface area contributed by atoms with Crippen LogP contribution in [0.1, 0.15) is 0 Å². The molecule has 0 aliphatic carbocycles. The number of amides is 1. The molecule has 0 radical (unpaired) electrons. The van der Waals surface area contributed by atoms with Gasteiger partial charge in [-0.3, -0.25) is 9.10 Å². The smallest absolute Gasteiger partial charge is 0.245 e. The predicted octanol–water partition coefficient (Wildman–Crippen LogP) is 1.77. The first-order chi connectivity index (χ1) is 15.5. The molecule has 2 aromatic carbocycles. The first-order valence-electron chi connectivity index (χ1n) is 9.81. The van der Waals surface area contributed by atoms with Crippen LogP contribution in [0.25, 0.3) is 0 Å². The third-order valence-corrected chi connectivity index (χ3v) is 8.14. The number of benzene rings is 2. The fourth-order valence-electron chi connectivity index (χ4n) is 3.21. The van der Waals surface area contributed by atoms with E-state index in [1.165, 1.54) is 53.9 Å². The molecule has 1 aliphatic rings. The van der Waals surface area contributed by atoms with Crippen molar-refractivity contribution < 1.29 is 31.1 Å². The first kappa shape index (κ1) is 25.2. The van der Waals surface area contributed by atoms with E-state index in [1.54, 1.807) is 0 Å². The van der Waals surface area contributed by atoms with Crippen LogP contribution in [-0.2, 0) is 29.6 Å². The largest absolute Gasteiger partial charge is 0.495 e. The van der Waals surface area contributed by atoms with Crippen molar-refractivity contribution in [1.82, 2.24) is 4.31 Å². The number of morpholine rings is 1. The Morgan fingerprint density at radius 2 is 1.76 bits per heavy atom. The Labute approximate surface area is 198 Å². The van der Waals surface area contributed by atoms with E-state index in [2.05, 4.69) is 5.32 Å². The Balaban J connectivity index is 1.85. The summed E-state index contributed by atoms with van der Waals surface area (Å²) in [5.74, 6) is -0.462. The van der Waals surface area contributed by atoms with E-state index < -0.39 is 32.5 Å². The number of carbonyl (C=O) groups is 1. The SMILES string of the molecule is COc1ccc(S(=O)(=O)N2CCOCC2)cc1NC(=O)CN(c1ccc(Cl)cc1)S(C)(=O)=O. The standard InChI is InChI=1S/C20H24ClN3O7S2/c1-30-19-8-7-17(33(28,29)23-9-11-31-12-10-23)13-18(19)22-20(25)14-24(32(2,26)27)16-5-3-15(21)4-6-16/h3-8,13H,9-12,14H2,1-2H3,(H,22,25). The summed E-state index contributed by atoms with van der Waals surface area (Å²) in [5, 5.41) is 2.97. The lowest BCUT2D eigenvalue weighted by Crippen LogP contribution is -2.40. The number of nitrogens with zero attached hydrogens (tertiary/aromatic N) is 2. The van der Waals surface area contributed by atoms with Gasteiger partial charge in [-0.05, 0) is 42.5 Å². The number of carbonyl (C=O) groups excluding carboxylic acids is 1. The van der Waals surface area contributed by atoms with E-state index in [0.29, 0.717) is 18.2 Å². The van der Waals surface area contributed by atoms with Crippen LogP contribution in [0.4, 0.5) is 11.4 Å². The maximum Gasteiger partial charge on any atom is 0.245 e. The minimum Gasteiger partial charge on any atom is -0.495 e. The molecule has 1 N–H and O–H groups in total. The lowest BCUT2D eigenvalue weighted by molar-refractivity contribution is -0.114. The highest BCUT2D eigenvalue weighted by Gasteiger charge is 2.28. The number of anilines is 2. The lowest BCUT2D eigenvalue weighted by atomic mass is 10.3. The number of methoxy groups -OCH3 is 1. The number of rotatable bonds is 8. The molecule has 33 heavy (non-hydrogen) atoms. The van der Waals surface area contributed by atoms with Crippen molar-refractivity contribution in [3.05, 3.63) is 47.5 Å². The lowest BCUT2D eigenvalue weighted by Gasteiger charge is -2.26. The van der Waals surface area contributed by atoms with Gasteiger partial charge in [-0.1, -0.05) is 11.6 Å². The molecule has 0 aromatic heterocycles. The van der Waals surface area contributed by atoms with Gasteiger partial charge >= 0.3 is 0 Å².